The largest absolute Gasteiger partial charge is 0.368 e. The van der Waals surface area contributed by atoms with Gasteiger partial charge in [0.05, 0.1) is 5.03 Å². The van der Waals surface area contributed by atoms with Crippen LogP contribution in [0.4, 0.5) is 0 Å². The predicted molar refractivity (Wildman–Crippen MR) is 54.9 cm³/mol. The number of aliphatic hydroxyl groups excluding tert-OH is 1. The standard InChI is InChI=1S/C6H6.C4H4ClNO/c1-2-4-6-5-3-1;5-3-1-4(7)6-2-3/h1-6H;1-2,4,7H. The van der Waals surface area contributed by atoms with Crippen molar-refractivity contribution in [2.45, 2.75) is 6.23 Å². The fraction of sp³-hybridized carbons (Fsp3) is 0.100. The van der Waals surface area contributed by atoms with Gasteiger partial charge < -0.3 is 5.11 Å². The Morgan fingerprint density at radius 1 is 1.08 bits per heavy atom. The summed E-state index contributed by atoms with van der Waals surface area (Å²) in [6, 6.07) is 12.0. The number of aliphatic imine (C=N–C) groups is 1. The Balaban J connectivity index is 0.000000132. The summed E-state index contributed by atoms with van der Waals surface area (Å²) in [5.41, 5.74) is 0. The maximum Gasteiger partial charge on any atom is 0.166 e. The highest BCUT2D eigenvalue weighted by atomic mass is 35.5. The highest BCUT2D eigenvalue weighted by Gasteiger charge is 2.01. The van der Waals surface area contributed by atoms with Gasteiger partial charge in [0.25, 0.3) is 0 Å². The van der Waals surface area contributed by atoms with Crippen LogP contribution in [0.2, 0.25) is 0 Å². The van der Waals surface area contributed by atoms with Gasteiger partial charge in [0.1, 0.15) is 0 Å². The topological polar surface area (TPSA) is 32.6 Å². The van der Waals surface area contributed by atoms with E-state index in [4.69, 9.17) is 16.7 Å². The molecule has 13 heavy (non-hydrogen) atoms. The van der Waals surface area contributed by atoms with Crippen molar-refractivity contribution in [3.05, 3.63) is 47.5 Å². The van der Waals surface area contributed by atoms with Gasteiger partial charge in [-0.15, -0.1) is 0 Å². The van der Waals surface area contributed by atoms with Crippen molar-refractivity contribution >= 4 is 17.8 Å². The lowest BCUT2D eigenvalue weighted by atomic mass is 10.4. The SMILES string of the molecule is OC1C=C(Cl)C=N1.c1ccccc1. The van der Waals surface area contributed by atoms with Crippen molar-refractivity contribution in [3.8, 4) is 0 Å². The third-order valence-corrected chi connectivity index (χ3v) is 1.55. The first-order valence-corrected chi connectivity index (χ1v) is 4.25. The number of hydrogen-bond acceptors (Lipinski definition) is 2. The van der Waals surface area contributed by atoms with E-state index in [1.54, 1.807) is 0 Å². The summed E-state index contributed by atoms with van der Waals surface area (Å²) in [5.74, 6) is 0. The average molecular weight is 196 g/mol. The van der Waals surface area contributed by atoms with E-state index in [9.17, 15) is 0 Å². The molecule has 1 aliphatic heterocycles. The molecule has 0 fully saturated rings. The Kier molecular flexibility index (Phi) is 4.23. The zero-order valence-electron chi connectivity index (χ0n) is 6.97. The van der Waals surface area contributed by atoms with Crippen LogP contribution >= 0.6 is 11.6 Å². The van der Waals surface area contributed by atoms with Crippen LogP contribution in [0.3, 0.4) is 0 Å². The molecular formula is C10H10ClNO. The molecule has 1 atom stereocenters. The monoisotopic (exact) mass is 195 g/mol. The number of nitrogens with zero attached hydrogens (tertiary/aromatic N) is 1. The Labute approximate surface area is 82.2 Å². The first kappa shape index (κ1) is 9.96. The molecule has 0 spiro atoms. The molecule has 1 aliphatic rings. The molecule has 0 aromatic heterocycles. The minimum absolute atomic E-state index is 0.507. The van der Waals surface area contributed by atoms with Crippen molar-refractivity contribution in [1.29, 1.82) is 0 Å². The van der Waals surface area contributed by atoms with Crippen LogP contribution in [0, 0.1) is 0 Å². The van der Waals surface area contributed by atoms with Gasteiger partial charge in [-0.2, -0.15) is 0 Å². The van der Waals surface area contributed by atoms with Crippen LogP contribution in [0.1, 0.15) is 0 Å². The van der Waals surface area contributed by atoms with E-state index in [0.717, 1.165) is 0 Å². The van der Waals surface area contributed by atoms with Crippen molar-refractivity contribution < 1.29 is 5.11 Å². The Bertz CT molecular complexity index is 268. The molecular weight excluding hydrogens is 186 g/mol. The zero-order valence-corrected chi connectivity index (χ0v) is 7.72. The molecule has 0 aliphatic carbocycles. The van der Waals surface area contributed by atoms with Gasteiger partial charge in [-0.3, -0.25) is 4.99 Å². The minimum Gasteiger partial charge on any atom is -0.368 e. The zero-order chi connectivity index (χ0) is 9.52. The molecule has 68 valence electrons. The summed E-state index contributed by atoms with van der Waals surface area (Å²) >= 11 is 5.36. The molecule has 0 saturated heterocycles. The van der Waals surface area contributed by atoms with E-state index in [2.05, 4.69) is 4.99 Å². The van der Waals surface area contributed by atoms with Crippen molar-refractivity contribution in [2.24, 2.45) is 4.99 Å². The number of hydrogen-bond donors (Lipinski definition) is 1. The van der Waals surface area contributed by atoms with Crippen LogP contribution in [0.5, 0.6) is 0 Å². The van der Waals surface area contributed by atoms with Gasteiger partial charge in [-0.25, -0.2) is 0 Å². The summed E-state index contributed by atoms with van der Waals surface area (Å²) in [4.78, 5) is 3.52. The van der Waals surface area contributed by atoms with Gasteiger partial charge in [-0.05, 0) is 6.08 Å². The fourth-order valence-corrected chi connectivity index (χ4v) is 0.930. The van der Waals surface area contributed by atoms with Gasteiger partial charge in [0.15, 0.2) is 6.23 Å². The first-order valence-electron chi connectivity index (χ1n) is 3.87. The molecule has 0 bridgehead atoms. The molecule has 1 aromatic rings. The van der Waals surface area contributed by atoms with Crippen molar-refractivity contribution in [3.63, 3.8) is 0 Å². The maximum atomic E-state index is 8.54. The number of allylic oxidation sites excluding steroid dienone is 1. The van der Waals surface area contributed by atoms with Crippen LogP contribution < -0.4 is 0 Å². The molecule has 3 heteroatoms. The minimum atomic E-state index is -0.701. The van der Waals surface area contributed by atoms with E-state index in [1.165, 1.54) is 12.3 Å². The molecule has 1 N–H and O–H groups in total. The number of halogens is 1. The van der Waals surface area contributed by atoms with E-state index in [0.29, 0.717) is 5.03 Å². The summed E-state index contributed by atoms with van der Waals surface area (Å²) in [5, 5.41) is 9.05. The van der Waals surface area contributed by atoms with Gasteiger partial charge >= 0.3 is 0 Å². The second kappa shape index (κ2) is 5.51. The molecule has 1 heterocycles. The molecule has 0 radical (unpaired) electrons. The number of aliphatic hydroxyl groups is 1. The third kappa shape index (κ3) is 4.45. The Hall–Kier alpha value is -1.12. The van der Waals surface area contributed by atoms with Crippen LogP contribution in [0.25, 0.3) is 0 Å². The lowest BCUT2D eigenvalue weighted by Gasteiger charge is -1.84. The van der Waals surface area contributed by atoms with Crippen LogP contribution in [-0.4, -0.2) is 17.5 Å². The van der Waals surface area contributed by atoms with E-state index in [-0.39, 0.29) is 0 Å². The second-order valence-electron chi connectivity index (χ2n) is 2.40. The maximum absolute atomic E-state index is 8.54. The summed E-state index contributed by atoms with van der Waals surface area (Å²) < 4.78 is 0. The van der Waals surface area contributed by atoms with Gasteiger partial charge in [-0.1, -0.05) is 48.0 Å². The highest BCUT2D eigenvalue weighted by molar-refractivity contribution is 6.39. The van der Waals surface area contributed by atoms with Crippen LogP contribution in [0.15, 0.2) is 52.5 Å². The van der Waals surface area contributed by atoms with E-state index < -0.39 is 6.23 Å². The summed E-state index contributed by atoms with van der Waals surface area (Å²) in [7, 11) is 0. The van der Waals surface area contributed by atoms with E-state index >= 15 is 0 Å². The number of rotatable bonds is 0. The molecule has 2 rings (SSSR count). The Morgan fingerprint density at radius 3 is 1.69 bits per heavy atom. The lowest BCUT2D eigenvalue weighted by Crippen LogP contribution is -1.89. The number of benzene rings is 1. The van der Waals surface area contributed by atoms with Gasteiger partial charge in [0.2, 0.25) is 0 Å². The van der Waals surface area contributed by atoms with E-state index in [1.807, 2.05) is 36.4 Å². The first-order chi connectivity index (χ1) is 6.29. The average Bonchev–Trinajstić information content (AvgIpc) is 2.54. The molecule has 0 saturated carbocycles. The Morgan fingerprint density at radius 2 is 1.54 bits per heavy atom. The third-order valence-electron chi connectivity index (χ3n) is 1.33. The highest BCUT2D eigenvalue weighted by Crippen LogP contribution is 2.06. The molecule has 2 nitrogen and oxygen atoms in total. The molecule has 1 aromatic carbocycles. The molecule has 0 amide bonds. The van der Waals surface area contributed by atoms with Crippen LogP contribution in [-0.2, 0) is 0 Å². The summed E-state index contributed by atoms with van der Waals surface area (Å²) in [6.45, 7) is 0. The fourth-order valence-electron chi connectivity index (χ4n) is 0.761. The lowest BCUT2D eigenvalue weighted by molar-refractivity contribution is 0.237. The normalized spacial score (nSPS) is 18.9. The second-order valence-corrected chi connectivity index (χ2v) is 2.83. The predicted octanol–water partition coefficient (Wildman–Crippen LogP) is 2.20. The van der Waals surface area contributed by atoms with Crippen molar-refractivity contribution in [1.82, 2.24) is 0 Å². The molecule has 1 unspecified atom stereocenters. The summed E-state index contributed by atoms with van der Waals surface area (Å²) in [6.07, 6.45) is 2.18. The quantitative estimate of drug-likeness (QED) is 0.677. The van der Waals surface area contributed by atoms with Crippen molar-refractivity contribution in [2.75, 3.05) is 0 Å². The van der Waals surface area contributed by atoms with Gasteiger partial charge in [0, 0.05) is 6.21 Å². The smallest absolute Gasteiger partial charge is 0.166 e.